The number of nitrogens with two attached hydrogens (primary N) is 1. The van der Waals surface area contributed by atoms with Crippen molar-refractivity contribution in [3.8, 4) is 5.75 Å². The van der Waals surface area contributed by atoms with Gasteiger partial charge in [-0.05, 0) is 6.07 Å². The Labute approximate surface area is 133 Å². The molecule has 0 unspecified atom stereocenters. The predicted octanol–water partition coefficient (Wildman–Crippen LogP) is 1.74. The topological polar surface area (TPSA) is 125 Å². The Balaban J connectivity index is 2.10. The molecule has 1 aromatic heterocycles. The van der Waals surface area contributed by atoms with Gasteiger partial charge in [0, 0.05) is 18.3 Å². The van der Waals surface area contributed by atoms with E-state index in [4.69, 9.17) is 33.8 Å². The molecule has 1 aromatic carbocycles. The molecule has 0 aliphatic heterocycles. The van der Waals surface area contributed by atoms with Crippen LogP contribution in [0.1, 0.15) is 10.5 Å². The zero-order valence-electron chi connectivity index (χ0n) is 10.8. The first kappa shape index (κ1) is 16.0. The summed E-state index contributed by atoms with van der Waals surface area (Å²) in [6, 6.07) is 3.78. The van der Waals surface area contributed by atoms with Crippen LogP contribution in [-0.2, 0) is 6.73 Å². The molecule has 0 saturated carbocycles. The van der Waals surface area contributed by atoms with Crippen LogP contribution >= 0.6 is 23.2 Å². The van der Waals surface area contributed by atoms with Crippen LogP contribution in [0.2, 0.25) is 10.0 Å². The first-order valence-corrected chi connectivity index (χ1v) is 6.48. The van der Waals surface area contributed by atoms with Crippen molar-refractivity contribution in [3.63, 3.8) is 0 Å². The van der Waals surface area contributed by atoms with Gasteiger partial charge in [-0.2, -0.15) is 5.10 Å². The number of carbonyl (C=O) groups excluding carboxylic acids is 1. The molecule has 0 radical (unpaired) electrons. The fraction of sp³-hybridized carbons (Fsp3) is 0.0909. The molecule has 0 fully saturated rings. The van der Waals surface area contributed by atoms with Gasteiger partial charge >= 0.3 is 0 Å². The highest BCUT2D eigenvalue weighted by atomic mass is 35.5. The molecule has 0 saturated heterocycles. The molecular formula is C11H9Cl2N5O4. The summed E-state index contributed by atoms with van der Waals surface area (Å²) in [5.41, 5.74) is 1.71. The Morgan fingerprint density at radius 2 is 2.18 bits per heavy atom. The highest BCUT2D eigenvalue weighted by Gasteiger charge is 2.15. The van der Waals surface area contributed by atoms with E-state index in [1.165, 1.54) is 29.1 Å². The molecule has 2 aromatic rings. The number of nitrogens with zero attached hydrogens (tertiary/aromatic N) is 3. The number of ether oxygens (including phenoxy) is 1. The lowest BCUT2D eigenvalue weighted by atomic mass is 10.3. The summed E-state index contributed by atoms with van der Waals surface area (Å²) in [7, 11) is 0. The second-order valence-corrected chi connectivity index (χ2v) is 4.80. The average Bonchev–Trinajstić information content (AvgIpc) is 2.86. The molecule has 0 spiro atoms. The minimum atomic E-state index is -0.642. The number of nitro groups is 1. The maximum atomic E-state index is 11.4. The predicted molar refractivity (Wildman–Crippen MR) is 77.6 cm³/mol. The van der Waals surface area contributed by atoms with Crippen LogP contribution in [0, 0.1) is 10.1 Å². The van der Waals surface area contributed by atoms with Crippen LogP contribution in [0.15, 0.2) is 24.4 Å². The Morgan fingerprint density at radius 3 is 2.77 bits per heavy atom. The number of hydrazine groups is 1. The van der Waals surface area contributed by atoms with Crippen molar-refractivity contribution in [1.29, 1.82) is 0 Å². The molecule has 22 heavy (non-hydrogen) atoms. The van der Waals surface area contributed by atoms with Crippen LogP contribution in [-0.4, -0.2) is 20.6 Å². The third-order valence-corrected chi connectivity index (χ3v) is 3.11. The van der Waals surface area contributed by atoms with Crippen molar-refractivity contribution in [3.05, 3.63) is 50.2 Å². The second kappa shape index (κ2) is 6.60. The standard InChI is InChI=1S/C11H9Cl2N5O4/c12-7-3-6(18(20)21)1-2-9(7)22-5-17-4-8(13)10(16-17)11(19)15-14/h1-4H,5,14H2,(H,15,19). The van der Waals surface area contributed by atoms with E-state index in [0.29, 0.717) is 0 Å². The van der Waals surface area contributed by atoms with E-state index in [-0.39, 0.29) is 33.9 Å². The SMILES string of the molecule is NNC(=O)c1nn(COc2ccc([N+](=O)[O-])cc2Cl)cc1Cl. The Hall–Kier alpha value is -2.36. The number of hydrogen-bond acceptors (Lipinski definition) is 6. The number of non-ortho nitro benzene ring substituents is 1. The van der Waals surface area contributed by atoms with Crippen molar-refractivity contribution in [1.82, 2.24) is 15.2 Å². The lowest BCUT2D eigenvalue weighted by molar-refractivity contribution is -0.384. The smallest absolute Gasteiger partial charge is 0.287 e. The number of halogens is 2. The zero-order valence-corrected chi connectivity index (χ0v) is 12.3. The van der Waals surface area contributed by atoms with Gasteiger partial charge in [0.15, 0.2) is 12.4 Å². The number of benzene rings is 1. The summed E-state index contributed by atoms with van der Waals surface area (Å²) in [6.07, 6.45) is 1.37. The second-order valence-electron chi connectivity index (χ2n) is 3.98. The molecule has 0 aliphatic carbocycles. The molecule has 116 valence electrons. The van der Waals surface area contributed by atoms with Gasteiger partial charge in [-0.15, -0.1) is 0 Å². The van der Waals surface area contributed by atoms with E-state index in [9.17, 15) is 14.9 Å². The number of rotatable bonds is 5. The lowest BCUT2D eigenvalue weighted by Crippen LogP contribution is -2.30. The largest absolute Gasteiger partial charge is 0.470 e. The number of carbonyl (C=O) groups is 1. The third kappa shape index (κ3) is 3.45. The first-order valence-electron chi connectivity index (χ1n) is 5.73. The molecule has 2 rings (SSSR count). The monoisotopic (exact) mass is 345 g/mol. The number of nitrogen functional groups attached to an aromatic ring is 1. The molecule has 9 nitrogen and oxygen atoms in total. The van der Waals surface area contributed by atoms with Gasteiger partial charge in [-0.3, -0.25) is 20.3 Å². The van der Waals surface area contributed by atoms with Crippen LogP contribution in [0.25, 0.3) is 0 Å². The van der Waals surface area contributed by atoms with Gasteiger partial charge in [-0.1, -0.05) is 23.2 Å². The molecule has 0 atom stereocenters. The number of amides is 1. The average molecular weight is 346 g/mol. The van der Waals surface area contributed by atoms with Crippen molar-refractivity contribution in [2.45, 2.75) is 6.73 Å². The highest BCUT2D eigenvalue weighted by Crippen LogP contribution is 2.28. The highest BCUT2D eigenvalue weighted by molar-refractivity contribution is 6.33. The fourth-order valence-corrected chi connectivity index (χ4v) is 2.01. The van der Waals surface area contributed by atoms with Gasteiger partial charge in [-0.25, -0.2) is 10.5 Å². The molecule has 0 aliphatic rings. The summed E-state index contributed by atoms with van der Waals surface area (Å²) in [5, 5.41) is 14.7. The summed E-state index contributed by atoms with van der Waals surface area (Å²) in [5.74, 6) is 4.58. The van der Waals surface area contributed by atoms with Crippen LogP contribution in [0.3, 0.4) is 0 Å². The van der Waals surface area contributed by atoms with Crippen molar-refractivity contribution in [2.75, 3.05) is 0 Å². The lowest BCUT2D eigenvalue weighted by Gasteiger charge is -2.07. The Kier molecular flexibility index (Phi) is 4.81. The summed E-state index contributed by atoms with van der Waals surface area (Å²) >= 11 is 11.7. The minimum Gasteiger partial charge on any atom is -0.470 e. The summed E-state index contributed by atoms with van der Waals surface area (Å²) in [4.78, 5) is 21.4. The Morgan fingerprint density at radius 1 is 1.45 bits per heavy atom. The van der Waals surface area contributed by atoms with Gasteiger partial charge < -0.3 is 4.74 Å². The maximum Gasteiger partial charge on any atom is 0.287 e. The quantitative estimate of drug-likeness (QED) is 0.368. The normalized spacial score (nSPS) is 10.3. The van der Waals surface area contributed by atoms with Gasteiger partial charge in [0.2, 0.25) is 0 Å². The van der Waals surface area contributed by atoms with Crippen LogP contribution in [0.4, 0.5) is 5.69 Å². The molecular weight excluding hydrogens is 337 g/mol. The summed E-state index contributed by atoms with van der Waals surface area (Å²) < 4.78 is 6.62. The number of aromatic nitrogens is 2. The molecule has 1 amide bonds. The van der Waals surface area contributed by atoms with Gasteiger partial charge in [0.05, 0.1) is 15.0 Å². The van der Waals surface area contributed by atoms with E-state index in [1.807, 2.05) is 5.43 Å². The van der Waals surface area contributed by atoms with E-state index in [2.05, 4.69) is 5.10 Å². The first-order chi connectivity index (χ1) is 10.4. The number of hydrogen-bond donors (Lipinski definition) is 2. The van der Waals surface area contributed by atoms with Gasteiger partial charge in [0.25, 0.3) is 11.6 Å². The Bertz CT molecular complexity index is 733. The van der Waals surface area contributed by atoms with Crippen LogP contribution in [0.5, 0.6) is 5.75 Å². The van der Waals surface area contributed by atoms with Crippen molar-refractivity contribution >= 4 is 34.8 Å². The van der Waals surface area contributed by atoms with E-state index in [0.717, 1.165) is 0 Å². The van der Waals surface area contributed by atoms with E-state index < -0.39 is 10.8 Å². The number of nitrogens with one attached hydrogen (secondary N) is 1. The maximum absolute atomic E-state index is 11.4. The molecule has 1 heterocycles. The molecule has 3 N–H and O–H groups in total. The van der Waals surface area contributed by atoms with Crippen LogP contribution < -0.4 is 16.0 Å². The third-order valence-electron chi connectivity index (χ3n) is 2.54. The van der Waals surface area contributed by atoms with Crippen molar-refractivity contribution in [2.24, 2.45) is 5.84 Å². The number of nitro benzene ring substituents is 1. The van der Waals surface area contributed by atoms with E-state index >= 15 is 0 Å². The van der Waals surface area contributed by atoms with Crippen molar-refractivity contribution < 1.29 is 14.5 Å². The molecule has 0 bridgehead atoms. The minimum absolute atomic E-state index is 0.0532. The summed E-state index contributed by atoms with van der Waals surface area (Å²) in [6.45, 7) is -0.102. The zero-order chi connectivity index (χ0) is 16.3. The molecule has 11 heteroatoms. The fourth-order valence-electron chi connectivity index (χ4n) is 1.54. The van der Waals surface area contributed by atoms with E-state index in [1.54, 1.807) is 0 Å². The van der Waals surface area contributed by atoms with Gasteiger partial charge in [0.1, 0.15) is 5.75 Å².